The van der Waals surface area contributed by atoms with E-state index in [-0.39, 0.29) is 18.5 Å². The fraction of sp³-hybridized carbons (Fsp3) is 0.900. The highest BCUT2D eigenvalue weighted by atomic mass is 16.5. The summed E-state index contributed by atoms with van der Waals surface area (Å²) >= 11 is 0. The Labute approximate surface area is 90.2 Å². The van der Waals surface area contributed by atoms with Gasteiger partial charge in [-0.2, -0.15) is 0 Å². The van der Waals surface area contributed by atoms with E-state index in [4.69, 9.17) is 4.74 Å². The molecule has 5 nitrogen and oxygen atoms in total. The summed E-state index contributed by atoms with van der Waals surface area (Å²) in [7, 11) is 0. The molecular formula is C10H20N2O3. The van der Waals surface area contributed by atoms with Crippen molar-refractivity contribution in [1.29, 1.82) is 0 Å². The van der Waals surface area contributed by atoms with Crippen LogP contribution in [0.25, 0.3) is 0 Å². The summed E-state index contributed by atoms with van der Waals surface area (Å²) in [5.74, 6) is 0.414. The first-order valence-electron chi connectivity index (χ1n) is 5.35. The third-order valence-corrected chi connectivity index (χ3v) is 2.28. The van der Waals surface area contributed by atoms with Crippen LogP contribution in [0.15, 0.2) is 0 Å². The Morgan fingerprint density at radius 2 is 2.27 bits per heavy atom. The van der Waals surface area contributed by atoms with Gasteiger partial charge >= 0.3 is 0 Å². The molecule has 5 heteroatoms. The van der Waals surface area contributed by atoms with Gasteiger partial charge in [0, 0.05) is 6.54 Å². The molecule has 88 valence electrons. The maximum atomic E-state index is 11.3. The first-order valence-corrected chi connectivity index (χ1v) is 5.35. The Balaban J connectivity index is 2.11. The van der Waals surface area contributed by atoms with Crippen LogP contribution in [0, 0.1) is 5.92 Å². The molecule has 3 N–H and O–H groups in total. The van der Waals surface area contributed by atoms with Crippen molar-refractivity contribution in [3.8, 4) is 0 Å². The molecule has 1 aliphatic heterocycles. The van der Waals surface area contributed by atoms with E-state index in [1.807, 2.05) is 13.8 Å². The quantitative estimate of drug-likeness (QED) is 0.557. The SMILES string of the molecule is CC(C)CNC(=O)CNC1COCC1O. The molecule has 15 heavy (non-hydrogen) atoms. The molecule has 0 aromatic heterocycles. The third kappa shape index (κ3) is 4.59. The lowest BCUT2D eigenvalue weighted by molar-refractivity contribution is -0.120. The van der Waals surface area contributed by atoms with E-state index in [0.29, 0.717) is 25.7 Å². The van der Waals surface area contributed by atoms with Crippen LogP contribution in [0.1, 0.15) is 13.8 Å². The average molecular weight is 216 g/mol. The molecule has 1 heterocycles. The first kappa shape index (κ1) is 12.4. The molecule has 1 rings (SSSR count). The molecule has 0 spiro atoms. The third-order valence-electron chi connectivity index (χ3n) is 2.28. The number of rotatable bonds is 5. The second kappa shape index (κ2) is 6.05. The Morgan fingerprint density at radius 3 is 2.80 bits per heavy atom. The smallest absolute Gasteiger partial charge is 0.233 e. The number of amides is 1. The summed E-state index contributed by atoms with van der Waals surface area (Å²) in [6, 6.07) is -0.116. The van der Waals surface area contributed by atoms with Crippen molar-refractivity contribution < 1.29 is 14.6 Å². The van der Waals surface area contributed by atoms with E-state index in [0.717, 1.165) is 0 Å². The number of nitrogens with one attached hydrogen (secondary N) is 2. The second-order valence-electron chi connectivity index (χ2n) is 4.29. The van der Waals surface area contributed by atoms with Gasteiger partial charge in [-0.3, -0.25) is 4.79 Å². The highest BCUT2D eigenvalue weighted by Gasteiger charge is 2.25. The predicted molar refractivity (Wildman–Crippen MR) is 56.5 cm³/mol. The molecular weight excluding hydrogens is 196 g/mol. The van der Waals surface area contributed by atoms with Crippen molar-refractivity contribution in [3.05, 3.63) is 0 Å². The Morgan fingerprint density at radius 1 is 1.53 bits per heavy atom. The minimum Gasteiger partial charge on any atom is -0.389 e. The lowest BCUT2D eigenvalue weighted by Crippen LogP contribution is -2.44. The monoisotopic (exact) mass is 216 g/mol. The molecule has 0 aliphatic carbocycles. The normalized spacial score (nSPS) is 25.9. The Kier molecular flexibility index (Phi) is 5.01. The van der Waals surface area contributed by atoms with Gasteiger partial charge in [0.15, 0.2) is 0 Å². The molecule has 0 saturated carbocycles. The fourth-order valence-corrected chi connectivity index (χ4v) is 1.34. The van der Waals surface area contributed by atoms with Gasteiger partial charge in [0.05, 0.1) is 31.9 Å². The number of ether oxygens (including phenoxy) is 1. The van der Waals surface area contributed by atoms with E-state index in [1.165, 1.54) is 0 Å². The molecule has 1 fully saturated rings. The minimum absolute atomic E-state index is 0.0391. The lowest BCUT2D eigenvalue weighted by Gasteiger charge is -2.14. The van der Waals surface area contributed by atoms with Crippen molar-refractivity contribution in [3.63, 3.8) is 0 Å². The van der Waals surface area contributed by atoms with Gasteiger partial charge in [-0.15, -0.1) is 0 Å². The summed E-state index contributed by atoms with van der Waals surface area (Å²) in [6.07, 6.45) is -0.497. The van der Waals surface area contributed by atoms with Crippen LogP contribution < -0.4 is 10.6 Å². The molecule has 2 unspecified atom stereocenters. The number of aliphatic hydroxyl groups is 1. The van der Waals surface area contributed by atoms with Gasteiger partial charge in [0.25, 0.3) is 0 Å². The van der Waals surface area contributed by atoms with Gasteiger partial charge in [-0.1, -0.05) is 13.8 Å². The molecule has 2 atom stereocenters. The maximum Gasteiger partial charge on any atom is 0.233 e. The molecule has 0 aromatic rings. The number of carbonyl (C=O) groups excluding carboxylic acids is 1. The van der Waals surface area contributed by atoms with E-state index in [9.17, 15) is 9.90 Å². The summed E-state index contributed by atoms with van der Waals surface area (Å²) in [5.41, 5.74) is 0. The summed E-state index contributed by atoms with van der Waals surface area (Å²) in [6.45, 7) is 5.83. The summed E-state index contributed by atoms with van der Waals surface area (Å²) in [5, 5.41) is 15.2. The first-order chi connectivity index (χ1) is 7.09. The van der Waals surface area contributed by atoms with E-state index in [1.54, 1.807) is 0 Å². The number of aliphatic hydroxyl groups excluding tert-OH is 1. The molecule has 1 amide bonds. The molecule has 1 aliphatic rings. The fourth-order valence-electron chi connectivity index (χ4n) is 1.34. The van der Waals surface area contributed by atoms with E-state index in [2.05, 4.69) is 10.6 Å². The van der Waals surface area contributed by atoms with Crippen LogP contribution in [0.3, 0.4) is 0 Å². The number of hydrogen-bond donors (Lipinski definition) is 3. The average Bonchev–Trinajstić information content (AvgIpc) is 2.58. The number of hydrogen-bond acceptors (Lipinski definition) is 4. The predicted octanol–water partition coefficient (Wildman–Crippen LogP) is -0.892. The van der Waals surface area contributed by atoms with Crippen LogP contribution in [-0.4, -0.2) is 49.5 Å². The van der Waals surface area contributed by atoms with Crippen LogP contribution in [0.5, 0.6) is 0 Å². The molecule has 1 saturated heterocycles. The van der Waals surface area contributed by atoms with Crippen LogP contribution >= 0.6 is 0 Å². The summed E-state index contributed by atoms with van der Waals surface area (Å²) < 4.78 is 5.06. The van der Waals surface area contributed by atoms with Crippen LogP contribution in [-0.2, 0) is 9.53 Å². The van der Waals surface area contributed by atoms with Gasteiger partial charge in [0.1, 0.15) is 0 Å². The van der Waals surface area contributed by atoms with E-state index < -0.39 is 6.10 Å². The topological polar surface area (TPSA) is 70.6 Å². The Bertz CT molecular complexity index is 209. The highest BCUT2D eigenvalue weighted by Crippen LogP contribution is 2.03. The molecule has 0 radical (unpaired) electrons. The van der Waals surface area contributed by atoms with Gasteiger partial charge < -0.3 is 20.5 Å². The van der Waals surface area contributed by atoms with Crippen LogP contribution in [0.2, 0.25) is 0 Å². The van der Waals surface area contributed by atoms with Crippen molar-refractivity contribution in [2.75, 3.05) is 26.3 Å². The molecule has 0 aromatic carbocycles. The van der Waals surface area contributed by atoms with Crippen molar-refractivity contribution >= 4 is 5.91 Å². The standard InChI is InChI=1S/C10H20N2O3/c1-7(2)3-12-10(14)4-11-8-5-15-6-9(8)13/h7-9,11,13H,3-6H2,1-2H3,(H,12,14). The molecule has 0 bridgehead atoms. The largest absolute Gasteiger partial charge is 0.389 e. The van der Waals surface area contributed by atoms with Crippen LogP contribution in [0.4, 0.5) is 0 Å². The zero-order chi connectivity index (χ0) is 11.3. The second-order valence-corrected chi connectivity index (χ2v) is 4.29. The Hall–Kier alpha value is -0.650. The van der Waals surface area contributed by atoms with Crippen molar-refractivity contribution in [2.45, 2.75) is 26.0 Å². The van der Waals surface area contributed by atoms with Crippen molar-refractivity contribution in [2.24, 2.45) is 5.92 Å². The summed E-state index contributed by atoms with van der Waals surface area (Å²) in [4.78, 5) is 11.3. The minimum atomic E-state index is -0.497. The zero-order valence-corrected chi connectivity index (χ0v) is 9.32. The van der Waals surface area contributed by atoms with Gasteiger partial charge in [-0.25, -0.2) is 0 Å². The maximum absolute atomic E-state index is 11.3. The van der Waals surface area contributed by atoms with E-state index >= 15 is 0 Å². The van der Waals surface area contributed by atoms with Gasteiger partial charge in [0.2, 0.25) is 5.91 Å². The number of carbonyl (C=O) groups is 1. The van der Waals surface area contributed by atoms with Gasteiger partial charge in [-0.05, 0) is 5.92 Å². The highest BCUT2D eigenvalue weighted by molar-refractivity contribution is 5.78. The lowest BCUT2D eigenvalue weighted by atomic mass is 10.2. The zero-order valence-electron chi connectivity index (χ0n) is 9.32. The van der Waals surface area contributed by atoms with Crippen molar-refractivity contribution in [1.82, 2.24) is 10.6 Å².